The number of nitrogens with one attached hydrogen (secondary N) is 1. The summed E-state index contributed by atoms with van der Waals surface area (Å²) in [4.78, 5) is 26.6. The topological polar surface area (TPSA) is 82.1 Å². The Balaban J connectivity index is 1.72. The summed E-state index contributed by atoms with van der Waals surface area (Å²) in [5.41, 5.74) is 0. The lowest BCUT2D eigenvalue weighted by Gasteiger charge is -2.43. The van der Waals surface area contributed by atoms with E-state index in [4.69, 9.17) is 9.84 Å². The van der Waals surface area contributed by atoms with Gasteiger partial charge < -0.3 is 20.1 Å². The van der Waals surface area contributed by atoms with E-state index in [9.17, 15) is 9.59 Å². The van der Waals surface area contributed by atoms with E-state index in [2.05, 4.69) is 5.32 Å². The van der Waals surface area contributed by atoms with E-state index in [1.54, 1.807) is 4.90 Å². The summed E-state index contributed by atoms with van der Waals surface area (Å²) in [6.45, 7) is 6.56. The fourth-order valence-corrected chi connectivity index (χ4v) is 2.95. The number of carboxylic acid groups (broad SMARTS) is 1. The molecular weight excluding hydrogens is 274 g/mol. The van der Waals surface area contributed by atoms with E-state index in [-0.39, 0.29) is 30.8 Å². The second-order valence-electron chi connectivity index (χ2n) is 5.86. The van der Waals surface area contributed by atoms with Crippen molar-refractivity contribution in [3.05, 3.63) is 0 Å². The van der Waals surface area contributed by atoms with Crippen molar-refractivity contribution in [3.8, 4) is 0 Å². The van der Waals surface area contributed by atoms with Crippen molar-refractivity contribution in [1.29, 1.82) is 0 Å². The largest absolute Gasteiger partial charge is 0.480 e. The molecule has 1 heterocycles. The van der Waals surface area contributed by atoms with Gasteiger partial charge in [-0.05, 0) is 26.3 Å². The second-order valence-corrected chi connectivity index (χ2v) is 5.86. The Morgan fingerprint density at radius 3 is 2.71 bits per heavy atom. The highest BCUT2D eigenvalue weighted by Gasteiger charge is 2.35. The Morgan fingerprint density at radius 2 is 2.14 bits per heavy atom. The molecule has 1 saturated heterocycles. The van der Waals surface area contributed by atoms with Gasteiger partial charge in [0, 0.05) is 25.2 Å². The first-order chi connectivity index (χ1) is 9.99. The van der Waals surface area contributed by atoms with Gasteiger partial charge in [-0.1, -0.05) is 6.92 Å². The molecule has 21 heavy (non-hydrogen) atoms. The average molecular weight is 299 g/mol. The van der Waals surface area contributed by atoms with E-state index in [1.807, 2.05) is 18.7 Å². The number of urea groups is 1. The first-order valence-corrected chi connectivity index (χ1v) is 7.62. The fourth-order valence-electron chi connectivity index (χ4n) is 2.95. The van der Waals surface area contributed by atoms with Crippen molar-refractivity contribution < 1.29 is 19.4 Å². The number of carbonyl (C=O) groups excluding carboxylic acids is 1. The van der Waals surface area contributed by atoms with Gasteiger partial charge in [0.25, 0.3) is 0 Å². The van der Waals surface area contributed by atoms with Crippen LogP contribution in [0.4, 0.5) is 4.79 Å². The molecule has 0 radical (unpaired) electrons. The highest BCUT2D eigenvalue weighted by Crippen LogP contribution is 2.25. The van der Waals surface area contributed by atoms with E-state index in [0.29, 0.717) is 19.7 Å². The number of ether oxygens (including phenoxy) is 1. The molecule has 1 aliphatic carbocycles. The van der Waals surface area contributed by atoms with Crippen molar-refractivity contribution in [1.82, 2.24) is 15.1 Å². The number of carboxylic acids is 1. The summed E-state index contributed by atoms with van der Waals surface area (Å²) in [7, 11) is 0. The Hall–Kier alpha value is -1.34. The van der Waals surface area contributed by atoms with Crippen LogP contribution >= 0.6 is 0 Å². The summed E-state index contributed by atoms with van der Waals surface area (Å²) in [6.07, 6.45) is 1.74. The predicted molar refractivity (Wildman–Crippen MR) is 77.2 cm³/mol. The van der Waals surface area contributed by atoms with E-state index in [0.717, 1.165) is 19.4 Å². The van der Waals surface area contributed by atoms with E-state index >= 15 is 0 Å². The number of morpholine rings is 1. The molecule has 2 fully saturated rings. The third-order valence-electron chi connectivity index (χ3n) is 4.23. The van der Waals surface area contributed by atoms with Crippen molar-refractivity contribution in [2.45, 2.75) is 44.9 Å². The standard InChI is InChI=1S/C14H25N3O4/c1-3-16(9-13(18)19)12-6-11(7-12)15-14(20)17-4-5-21-10(2)8-17/h10-12H,3-9H2,1-2H3,(H,15,20)(H,18,19)/t10-,11?,12?/m0/s1. The molecule has 0 aromatic rings. The number of aliphatic carboxylic acids is 1. The maximum atomic E-state index is 12.1. The predicted octanol–water partition coefficient (Wildman–Crippen LogP) is 0.354. The van der Waals surface area contributed by atoms with Crippen LogP contribution in [0, 0.1) is 0 Å². The number of hydrogen-bond donors (Lipinski definition) is 2. The summed E-state index contributed by atoms with van der Waals surface area (Å²) in [5.74, 6) is -0.799. The van der Waals surface area contributed by atoms with Crippen LogP contribution in [0.3, 0.4) is 0 Å². The molecule has 0 spiro atoms. The van der Waals surface area contributed by atoms with Gasteiger partial charge >= 0.3 is 12.0 Å². The molecule has 7 nitrogen and oxygen atoms in total. The molecule has 0 unspecified atom stereocenters. The molecule has 7 heteroatoms. The smallest absolute Gasteiger partial charge is 0.317 e. The van der Waals surface area contributed by atoms with Crippen molar-refractivity contribution in [2.75, 3.05) is 32.8 Å². The highest BCUT2D eigenvalue weighted by molar-refractivity contribution is 5.74. The van der Waals surface area contributed by atoms with E-state index < -0.39 is 5.97 Å². The maximum Gasteiger partial charge on any atom is 0.317 e. The second kappa shape index (κ2) is 7.09. The minimum Gasteiger partial charge on any atom is -0.480 e. The zero-order chi connectivity index (χ0) is 15.4. The van der Waals surface area contributed by atoms with Crippen LogP contribution < -0.4 is 5.32 Å². The molecule has 0 bridgehead atoms. The zero-order valence-corrected chi connectivity index (χ0v) is 12.7. The average Bonchev–Trinajstić information content (AvgIpc) is 2.39. The van der Waals surface area contributed by atoms with Gasteiger partial charge in [-0.3, -0.25) is 9.69 Å². The molecule has 120 valence electrons. The van der Waals surface area contributed by atoms with Crippen LogP contribution in [0.25, 0.3) is 0 Å². The van der Waals surface area contributed by atoms with Gasteiger partial charge in [-0.15, -0.1) is 0 Å². The van der Waals surface area contributed by atoms with E-state index in [1.165, 1.54) is 0 Å². The van der Waals surface area contributed by atoms with Crippen LogP contribution in [-0.2, 0) is 9.53 Å². The number of carbonyl (C=O) groups is 2. The van der Waals surface area contributed by atoms with Gasteiger partial charge in [0.05, 0.1) is 19.3 Å². The Bertz CT molecular complexity index is 384. The van der Waals surface area contributed by atoms with Crippen molar-refractivity contribution >= 4 is 12.0 Å². The third kappa shape index (κ3) is 4.31. The molecule has 0 aromatic heterocycles. The highest BCUT2D eigenvalue weighted by atomic mass is 16.5. The number of rotatable bonds is 5. The molecule has 0 aromatic carbocycles. The summed E-state index contributed by atoms with van der Waals surface area (Å²) in [6, 6.07) is 0.387. The quantitative estimate of drug-likeness (QED) is 0.766. The number of amides is 2. The lowest BCUT2D eigenvalue weighted by molar-refractivity contribution is -0.139. The molecule has 2 amide bonds. The number of nitrogens with zero attached hydrogens (tertiary/aromatic N) is 2. The monoisotopic (exact) mass is 299 g/mol. The molecule has 1 aliphatic heterocycles. The van der Waals surface area contributed by atoms with Crippen molar-refractivity contribution in [2.24, 2.45) is 0 Å². The Kier molecular flexibility index (Phi) is 5.41. The van der Waals surface area contributed by atoms with Crippen LogP contribution in [-0.4, -0.2) is 77.9 Å². The first-order valence-electron chi connectivity index (χ1n) is 7.62. The minimum atomic E-state index is -0.799. The first kappa shape index (κ1) is 16.0. The fraction of sp³-hybridized carbons (Fsp3) is 0.857. The van der Waals surface area contributed by atoms with Gasteiger partial charge in [0.15, 0.2) is 0 Å². The van der Waals surface area contributed by atoms with Crippen molar-refractivity contribution in [3.63, 3.8) is 0 Å². The molecule has 2 N–H and O–H groups in total. The summed E-state index contributed by atoms with van der Waals surface area (Å²) < 4.78 is 5.42. The molecule has 2 aliphatic rings. The Labute approximate surface area is 125 Å². The van der Waals surface area contributed by atoms with Crippen LogP contribution in [0.5, 0.6) is 0 Å². The Morgan fingerprint density at radius 1 is 1.43 bits per heavy atom. The minimum absolute atomic E-state index is 0.0325. The zero-order valence-electron chi connectivity index (χ0n) is 12.7. The summed E-state index contributed by atoms with van der Waals surface area (Å²) in [5, 5.41) is 11.9. The molecule has 2 rings (SSSR count). The van der Waals surface area contributed by atoms with Crippen LogP contribution in [0.2, 0.25) is 0 Å². The molecular formula is C14H25N3O4. The van der Waals surface area contributed by atoms with Gasteiger partial charge in [0.1, 0.15) is 0 Å². The molecule has 1 atom stereocenters. The van der Waals surface area contributed by atoms with Crippen LogP contribution in [0.1, 0.15) is 26.7 Å². The lowest BCUT2D eigenvalue weighted by Crippen LogP contribution is -2.58. The van der Waals surface area contributed by atoms with Gasteiger partial charge in [-0.25, -0.2) is 4.79 Å². The number of likely N-dealkylation sites (N-methyl/N-ethyl adjacent to an activating group) is 1. The normalized spacial score (nSPS) is 29.1. The lowest BCUT2D eigenvalue weighted by atomic mass is 9.85. The summed E-state index contributed by atoms with van der Waals surface area (Å²) >= 11 is 0. The van der Waals surface area contributed by atoms with Gasteiger partial charge in [-0.2, -0.15) is 0 Å². The maximum absolute atomic E-state index is 12.1. The van der Waals surface area contributed by atoms with Crippen LogP contribution in [0.15, 0.2) is 0 Å². The molecule has 1 saturated carbocycles. The third-order valence-corrected chi connectivity index (χ3v) is 4.23. The number of hydrogen-bond acceptors (Lipinski definition) is 4. The van der Waals surface area contributed by atoms with Gasteiger partial charge in [0.2, 0.25) is 0 Å². The SMILES string of the molecule is CCN(CC(=O)O)C1CC(NC(=O)N2CCO[C@@H](C)C2)C1.